The van der Waals surface area contributed by atoms with Gasteiger partial charge < -0.3 is 19.5 Å². The van der Waals surface area contributed by atoms with Crippen molar-refractivity contribution in [3.8, 4) is 11.5 Å². The van der Waals surface area contributed by atoms with Crippen LogP contribution >= 0.6 is 11.6 Å². The van der Waals surface area contributed by atoms with E-state index in [1.165, 1.54) is 19.1 Å². The second-order valence-electron chi connectivity index (χ2n) is 5.11. The normalized spacial score (nSPS) is 13.2. The van der Waals surface area contributed by atoms with E-state index in [2.05, 4.69) is 5.32 Å². The van der Waals surface area contributed by atoms with Gasteiger partial charge in [-0.05, 0) is 43.3 Å². The van der Waals surface area contributed by atoms with E-state index >= 15 is 0 Å². The summed E-state index contributed by atoms with van der Waals surface area (Å²) in [6.07, 6.45) is -0.960. The number of anilines is 1. The Labute approximate surface area is 143 Å². The molecule has 0 aliphatic carbocycles. The predicted octanol–water partition coefficient (Wildman–Crippen LogP) is 3.25. The van der Waals surface area contributed by atoms with Crippen LogP contribution in [0.4, 0.5) is 5.69 Å². The van der Waals surface area contributed by atoms with E-state index in [9.17, 15) is 9.59 Å². The first-order valence-electron chi connectivity index (χ1n) is 7.20. The van der Waals surface area contributed by atoms with Crippen LogP contribution in [0.15, 0.2) is 42.5 Å². The SMILES string of the molecule is C[C@H](OC(=O)c1ccc(Cl)cc1)C(=O)Nc1ccc2c(c1)OCO2. The van der Waals surface area contributed by atoms with Gasteiger partial charge in [0.25, 0.3) is 5.91 Å². The largest absolute Gasteiger partial charge is 0.454 e. The molecule has 0 saturated carbocycles. The highest BCUT2D eigenvalue weighted by Crippen LogP contribution is 2.34. The van der Waals surface area contributed by atoms with Crippen molar-refractivity contribution in [3.63, 3.8) is 0 Å². The lowest BCUT2D eigenvalue weighted by atomic mass is 10.2. The number of esters is 1. The predicted molar refractivity (Wildman–Crippen MR) is 87.5 cm³/mol. The van der Waals surface area contributed by atoms with Crippen LogP contribution in [0.2, 0.25) is 5.02 Å². The molecule has 24 heavy (non-hydrogen) atoms. The van der Waals surface area contributed by atoms with Gasteiger partial charge in [0.05, 0.1) is 5.56 Å². The summed E-state index contributed by atoms with van der Waals surface area (Å²) in [5.74, 6) is 0.130. The molecule has 6 nitrogen and oxygen atoms in total. The number of nitrogens with one attached hydrogen (secondary N) is 1. The maximum Gasteiger partial charge on any atom is 0.338 e. The van der Waals surface area contributed by atoms with Gasteiger partial charge in [-0.3, -0.25) is 4.79 Å². The lowest BCUT2D eigenvalue weighted by Crippen LogP contribution is -2.30. The van der Waals surface area contributed by atoms with Gasteiger partial charge in [0.15, 0.2) is 17.6 Å². The Morgan fingerprint density at radius 1 is 1.12 bits per heavy atom. The minimum Gasteiger partial charge on any atom is -0.454 e. The average Bonchev–Trinajstić information content (AvgIpc) is 3.03. The third kappa shape index (κ3) is 3.60. The lowest BCUT2D eigenvalue weighted by Gasteiger charge is -2.14. The van der Waals surface area contributed by atoms with E-state index in [4.69, 9.17) is 25.8 Å². The fourth-order valence-corrected chi connectivity index (χ4v) is 2.21. The van der Waals surface area contributed by atoms with Gasteiger partial charge in [-0.2, -0.15) is 0 Å². The van der Waals surface area contributed by atoms with Crippen molar-refractivity contribution in [3.05, 3.63) is 53.1 Å². The Kier molecular flexibility index (Phi) is 4.57. The molecule has 0 spiro atoms. The zero-order valence-electron chi connectivity index (χ0n) is 12.7. The first kappa shape index (κ1) is 16.1. The number of halogens is 1. The van der Waals surface area contributed by atoms with E-state index in [1.807, 2.05) is 0 Å². The molecule has 1 aliphatic heterocycles. The molecule has 0 unspecified atom stereocenters. The molecule has 0 saturated heterocycles. The number of benzene rings is 2. The summed E-state index contributed by atoms with van der Waals surface area (Å²) in [4.78, 5) is 24.1. The third-order valence-electron chi connectivity index (χ3n) is 3.37. The molecule has 0 aromatic heterocycles. The van der Waals surface area contributed by atoms with Crippen molar-refractivity contribution >= 4 is 29.2 Å². The van der Waals surface area contributed by atoms with E-state index in [0.717, 1.165) is 0 Å². The number of carbonyl (C=O) groups is 2. The number of amides is 1. The van der Waals surface area contributed by atoms with Crippen molar-refractivity contribution in [1.82, 2.24) is 0 Å². The Balaban J connectivity index is 1.60. The van der Waals surface area contributed by atoms with Crippen molar-refractivity contribution < 1.29 is 23.8 Å². The van der Waals surface area contributed by atoms with Crippen LogP contribution in [0.1, 0.15) is 17.3 Å². The van der Waals surface area contributed by atoms with Crippen molar-refractivity contribution in [2.45, 2.75) is 13.0 Å². The summed E-state index contributed by atoms with van der Waals surface area (Å²) in [6, 6.07) is 11.3. The number of ether oxygens (including phenoxy) is 3. The van der Waals surface area contributed by atoms with E-state index in [-0.39, 0.29) is 6.79 Å². The lowest BCUT2D eigenvalue weighted by molar-refractivity contribution is -0.123. The third-order valence-corrected chi connectivity index (χ3v) is 3.63. The molecule has 1 heterocycles. The summed E-state index contributed by atoms with van der Waals surface area (Å²) in [5, 5.41) is 3.18. The van der Waals surface area contributed by atoms with Crippen LogP contribution in [0.25, 0.3) is 0 Å². The molecule has 124 valence electrons. The van der Waals surface area contributed by atoms with E-state index in [0.29, 0.717) is 27.8 Å². The zero-order valence-corrected chi connectivity index (χ0v) is 13.5. The maximum atomic E-state index is 12.2. The van der Waals surface area contributed by atoms with Crippen LogP contribution in [0.5, 0.6) is 11.5 Å². The fourth-order valence-electron chi connectivity index (χ4n) is 2.09. The average molecular weight is 348 g/mol. The first-order chi connectivity index (χ1) is 11.5. The Bertz CT molecular complexity index is 775. The summed E-state index contributed by atoms with van der Waals surface area (Å²) < 4.78 is 15.6. The molecule has 2 aromatic rings. The number of hydrogen-bond acceptors (Lipinski definition) is 5. The monoisotopic (exact) mass is 347 g/mol. The van der Waals surface area contributed by atoms with Gasteiger partial charge in [0.2, 0.25) is 6.79 Å². The van der Waals surface area contributed by atoms with Gasteiger partial charge in [-0.25, -0.2) is 4.79 Å². The van der Waals surface area contributed by atoms with Crippen molar-refractivity contribution in [2.24, 2.45) is 0 Å². The van der Waals surface area contributed by atoms with Crippen LogP contribution < -0.4 is 14.8 Å². The summed E-state index contributed by atoms with van der Waals surface area (Å²) >= 11 is 5.77. The van der Waals surface area contributed by atoms with Gasteiger partial charge in [-0.1, -0.05) is 11.6 Å². The minimum atomic E-state index is -0.960. The molecule has 7 heteroatoms. The zero-order chi connectivity index (χ0) is 17.1. The number of rotatable bonds is 4. The fraction of sp³-hybridized carbons (Fsp3) is 0.176. The molecule has 1 aliphatic rings. The highest BCUT2D eigenvalue weighted by molar-refractivity contribution is 6.30. The Morgan fingerprint density at radius 2 is 1.83 bits per heavy atom. The molecule has 1 atom stereocenters. The first-order valence-corrected chi connectivity index (χ1v) is 7.58. The number of hydrogen-bond donors (Lipinski definition) is 1. The maximum absolute atomic E-state index is 12.2. The summed E-state index contributed by atoms with van der Waals surface area (Å²) in [5.41, 5.74) is 0.848. The van der Waals surface area contributed by atoms with Gasteiger partial charge in [0, 0.05) is 16.8 Å². The highest BCUT2D eigenvalue weighted by atomic mass is 35.5. The molecule has 0 radical (unpaired) electrons. The number of carbonyl (C=O) groups excluding carboxylic acids is 2. The highest BCUT2D eigenvalue weighted by Gasteiger charge is 2.20. The second kappa shape index (κ2) is 6.80. The molecule has 2 aromatic carbocycles. The van der Waals surface area contributed by atoms with Crippen molar-refractivity contribution in [1.29, 1.82) is 0 Å². The quantitative estimate of drug-likeness (QED) is 0.859. The molecule has 0 fully saturated rings. The standard InChI is InChI=1S/C17H14ClNO5/c1-10(24-17(21)11-2-4-12(18)5-3-11)16(20)19-13-6-7-14-15(8-13)23-9-22-14/h2-8,10H,9H2,1H3,(H,19,20)/t10-/m0/s1. The molecule has 1 amide bonds. The Morgan fingerprint density at radius 3 is 2.58 bits per heavy atom. The van der Waals surface area contributed by atoms with Crippen LogP contribution in [-0.4, -0.2) is 24.8 Å². The van der Waals surface area contributed by atoms with Gasteiger partial charge in [0.1, 0.15) is 0 Å². The van der Waals surface area contributed by atoms with Crippen LogP contribution in [0.3, 0.4) is 0 Å². The summed E-state index contributed by atoms with van der Waals surface area (Å²) in [6.45, 7) is 1.65. The van der Waals surface area contributed by atoms with Crippen molar-refractivity contribution in [2.75, 3.05) is 12.1 Å². The molecular weight excluding hydrogens is 334 g/mol. The van der Waals surface area contributed by atoms with E-state index < -0.39 is 18.0 Å². The molecule has 0 bridgehead atoms. The molecule has 3 rings (SSSR count). The van der Waals surface area contributed by atoms with Crippen LogP contribution in [0, 0.1) is 0 Å². The van der Waals surface area contributed by atoms with Crippen LogP contribution in [-0.2, 0) is 9.53 Å². The molecule has 1 N–H and O–H groups in total. The minimum absolute atomic E-state index is 0.155. The topological polar surface area (TPSA) is 73.9 Å². The van der Waals surface area contributed by atoms with E-state index in [1.54, 1.807) is 30.3 Å². The Hall–Kier alpha value is -2.73. The second-order valence-corrected chi connectivity index (χ2v) is 5.55. The summed E-state index contributed by atoms with van der Waals surface area (Å²) in [7, 11) is 0. The van der Waals surface area contributed by atoms with Gasteiger partial charge in [-0.15, -0.1) is 0 Å². The number of fused-ring (bicyclic) bond motifs is 1. The van der Waals surface area contributed by atoms with Gasteiger partial charge >= 0.3 is 5.97 Å². The smallest absolute Gasteiger partial charge is 0.338 e. The molecular formula is C17H14ClNO5.